The SMILES string of the molecule is C=C.C=C(C)N(C)N(CCCCCCCC)CCCCCCCC.C=CCCCCCCCCCC.CCCCCCCCC(C)CCCCCCCC. The van der Waals surface area contributed by atoms with Gasteiger partial charge in [0, 0.05) is 25.8 Å². The summed E-state index contributed by atoms with van der Waals surface area (Å²) in [5.41, 5.74) is 1.15. The van der Waals surface area contributed by atoms with Gasteiger partial charge in [0.1, 0.15) is 0 Å². The van der Waals surface area contributed by atoms with Crippen molar-refractivity contribution in [3.63, 3.8) is 0 Å². The summed E-state index contributed by atoms with van der Waals surface area (Å²) in [6.45, 7) is 32.2. The van der Waals surface area contributed by atoms with Gasteiger partial charge in [-0.3, -0.25) is 0 Å². The van der Waals surface area contributed by atoms with Crippen molar-refractivity contribution in [1.29, 1.82) is 0 Å². The van der Waals surface area contributed by atoms with Gasteiger partial charge in [-0.1, -0.05) is 253 Å². The molecule has 0 aliphatic rings. The Kier molecular flexibility index (Phi) is 62.2. The van der Waals surface area contributed by atoms with E-state index < -0.39 is 0 Å². The molecule has 2 nitrogen and oxygen atoms in total. The summed E-state index contributed by atoms with van der Waals surface area (Å²) in [5.74, 6) is 0.974. The van der Waals surface area contributed by atoms with Crippen LogP contribution in [0.15, 0.2) is 38.1 Å². The lowest BCUT2D eigenvalue weighted by molar-refractivity contribution is 0.0301. The van der Waals surface area contributed by atoms with Gasteiger partial charge in [0.15, 0.2) is 0 Å². The first-order valence-electron chi connectivity index (χ1n) is 24.6. The third kappa shape index (κ3) is 55.3. The molecule has 0 saturated heterocycles. The van der Waals surface area contributed by atoms with Crippen LogP contribution < -0.4 is 0 Å². The van der Waals surface area contributed by atoms with E-state index in [9.17, 15) is 0 Å². The van der Waals surface area contributed by atoms with Crippen molar-refractivity contribution in [3.05, 3.63) is 38.1 Å². The minimum absolute atomic E-state index is 0.974. The molecule has 2 heteroatoms. The Morgan fingerprint density at radius 3 is 0.981 bits per heavy atom. The van der Waals surface area contributed by atoms with E-state index in [1.54, 1.807) is 0 Å². The minimum atomic E-state index is 0.974. The first-order valence-corrected chi connectivity index (χ1v) is 24.6. The highest BCUT2D eigenvalue weighted by Gasteiger charge is 2.10. The molecule has 0 fully saturated rings. The summed E-state index contributed by atoms with van der Waals surface area (Å²) in [6.07, 6.45) is 51.3. The third-order valence-electron chi connectivity index (χ3n) is 10.9. The molecular formula is C52H108N2. The van der Waals surface area contributed by atoms with Gasteiger partial charge in [0.25, 0.3) is 0 Å². The molecule has 0 radical (unpaired) electrons. The van der Waals surface area contributed by atoms with Crippen LogP contribution in [-0.4, -0.2) is 30.2 Å². The zero-order chi connectivity index (χ0) is 41.2. The average Bonchev–Trinajstić information content (AvgIpc) is 3.18. The fourth-order valence-corrected chi connectivity index (χ4v) is 6.92. The molecule has 326 valence electrons. The Morgan fingerprint density at radius 1 is 0.444 bits per heavy atom. The Morgan fingerprint density at radius 2 is 0.704 bits per heavy atom. The molecule has 0 aromatic carbocycles. The van der Waals surface area contributed by atoms with Crippen LogP contribution in [0.25, 0.3) is 0 Å². The van der Waals surface area contributed by atoms with Crippen molar-refractivity contribution < 1.29 is 0 Å². The molecule has 0 heterocycles. The number of hydrazine groups is 1. The van der Waals surface area contributed by atoms with Crippen LogP contribution >= 0.6 is 0 Å². The Labute approximate surface area is 346 Å². The Balaban J connectivity index is -0.000000352. The van der Waals surface area contributed by atoms with Gasteiger partial charge < -0.3 is 5.01 Å². The minimum Gasteiger partial charge on any atom is -0.314 e. The molecule has 0 atom stereocenters. The van der Waals surface area contributed by atoms with E-state index in [1.165, 1.54) is 238 Å². The predicted octanol–water partition coefficient (Wildman–Crippen LogP) is 19.0. The lowest BCUT2D eigenvalue weighted by Crippen LogP contribution is -2.39. The Hall–Kier alpha value is -1.02. The number of allylic oxidation sites excluding steroid dienone is 2. The maximum absolute atomic E-state index is 4.10. The maximum atomic E-state index is 4.10. The molecule has 54 heavy (non-hydrogen) atoms. The Bertz CT molecular complexity index is 625. The second kappa shape index (κ2) is 56.3. The van der Waals surface area contributed by atoms with Crippen LogP contribution in [0.2, 0.25) is 0 Å². The van der Waals surface area contributed by atoms with Crippen LogP contribution in [0.5, 0.6) is 0 Å². The summed E-state index contributed by atoms with van der Waals surface area (Å²) >= 11 is 0. The maximum Gasteiger partial charge on any atom is 0.0230 e. The molecule has 0 aliphatic heterocycles. The summed E-state index contributed by atoms with van der Waals surface area (Å²) in [7, 11) is 2.16. The molecule has 0 saturated carbocycles. The second-order valence-corrected chi connectivity index (χ2v) is 16.5. The van der Waals surface area contributed by atoms with Crippen LogP contribution in [0, 0.1) is 5.92 Å². The lowest BCUT2D eigenvalue weighted by Gasteiger charge is -2.34. The van der Waals surface area contributed by atoms with E-state index >= 15 is 0 Å². The molecule has 0 aliphatic carbocycles. The van der Waals surface area contributed by atoms with Gasteiger partial charge in [0.05, 0.1) is 0 Å². The molecule has 0 spiro atoms. The van der Waals surface area contributed by atoms with Gasteiger partial charge in [-0.05, 0) is 38.5 Å². The van der Waals surface area contributed by atoms with E-state index in [1.807, 2.05) is 6.08 Å². The standard InChI is InChI=1S/C20H42N2.C18H38.C12H24.C2H4/c1-6-8-10-12-14-16-18-22(21(5)20(3)4)19-17-15-13-11-9-7-2;1-4-6-8-10-12-14-16-18(3)17-15-13-11-9-7-5-2;1-3-5-7-9-11-12-10-8-6-4-2;1-2/h3,6-19H2,1-2,4-5H3;18H,4-17H2,1-3H3;3H,1,4-12H2,2H3;1-2H2. The fraction of sp³-hybridized carbons (Fsp3) is 0.885. The van der Waals surface area contributed by atoms with Crippen molar-refractivity contribution in [2.75, 3.05) is 20.1 Å². The quantitative estimate of drug-likeness (QED) is 0.0350. The molecule has 0 rings (SSSR count). The van der Waals surface area contributed by atoms with Crippen LogP contribution in [0.1, 0.15) is 273 Å². The zero-order valence-corrected chi connectivity index (χ0v) is 39.5. The van der Waals surface area contributed by atoms with Crippen molar-refractivity contribution in [1.82, 2.24) is 10.0 Å². The van der Waals surface area contributed by atoms with E-state index in [-0.39, 0.29) is 0 Å². The van der Waals surface area contributed by atoms with E-state index in [4.69, 9.17) is 0 Å². The second-order valence-electron chi connectivity index (χ2n) is 16.5. The summed E-state index contributed by atoms with van der Waals surface area (Å²) in [4.78, 5) is 0. The highest BCUT2D eigenvalue weighted by atomic mass is 15.6. The topological polar surface area (TPSA) is 6.48 Å². The number of hydrogen-bond donors (Lipinski definition) is 0. The lowest BCUT2D eigenvalue weighted by atomic mass is 9.96. The van der Waals surface area contributed by atoms with Crippen LogP contribution in [-0.2, 0) is 0 Å². The molecule has 0 amide bonds. The molecule has 0 unspecified atom stereocenters. The van der Waals surface area contributed by atoms with Crippen molar-refractivity contribution >= 4 is 0 Å². The monoisotopic (exact) mass is 761 g/mol. The van der Waals surface area contributed by atoms with Crippen molar-refractivity contribution in [2.24, 2.45) is 5.92 Å². The molecular weight excluding hydrogens is 653 g/mol. The molecule has 0 bridgehead atoms. The summed E-state index contributed by atoms with van der Waals surface area (Å²) in [5, 5.41) is 4.76. The van der Waals surface area contributed by atoms with E-state index in [0.717, 1.165) is 11.6 Å². The third-order valence-corrected chi connectivity index (χ3v) is 10.9. The largest absolute Gasteiger partial charge is 0.314 e. The number of hydrogen-bond acceptors (Lipinski definition) is 2. The number of nitrogens with zero attached hydrogens (tertiary/aromatic N) is 2. The van der Waals surface area contributed by atoms with Crippen LogP contribution in [0.4, 0.5) is 0 Å². The fourth-order valence-electron chi connectivity index (χ4n) is 6.92. The van der Waals surface area contributed by atoms with Crippen molar-refractivity contribution in [2.45, 2.75) is 273 Å². The van der Waals surface area contributed by atoms with Gasteiger partial charge in [-0.15, -0.1) is 19.7 Å². The first-order chi connectivity index (χ1) is 26.4. The predicted molar refractivity (Wildman–Crippen MR) is 255 cm³/mol. The smallest absolute Gasteiger partial charge is 0.0230 e. The zero-order valence-electron chi connectivity index (χ0n) is 39.5. The van der Waals surface area contributed by atoms with E-state index in [2.05, 4.69) is 91.8 Å². The summed E-state index contributed by atoms with van der Waals surface area (Å²) < 4.78 is 0. The van der Waals surface area contributed by atoms with Crippen molar-refractivity contribution in [3.8, 4) is 0 Å². The number of rotatable bonds is 39. The van der Waals surface area contributed by atoms with E-state index in [0.29, 0.717) is 0 Å². The molecule has 0 N–H and O–H groups in total. The van der Waals surface area contributed by atoms with Gasteiger partial charge in [0.2, 0.25) is 0 Å². The molecule has 0 aromatic rings. The highest BCUT2D eigenvalue weighted by Crippen LogP contribution is 2.18. The van der Waals surface area contributed by atoms with Gasteiger partial charge in [-0.25, -0.2) is 5.01 Å². The molecule has 0 aromatic heterocycles. The van der Waals surface area contributed by atoms with Crippen LogP contribution in [0.3, 0.4) is 0 Å². The first kappa shape index (κ1) is 59.7. The average molecular weight is 761 g/mol. The summed E-state index contributed by atoms with van der Waals surface area (Å²) in [6, 6.07) is 0. The number of unbranched alkanes of at least 4 members (excludes halogenated alkanes) is 28. The normalized spacial score (nSPS) is 10.6. The van der Waals surface area contributed by atoms with Gasteiger partial charge in [-0.2, -0.15) is 0 Å². The van der Waals surface area contributed by atoms with Gasteiger partial charge >= 0.3 is 0 Å². The highest BCUT2D eigenvalue weighted by molar-refractivity contribution is 4.84.